The number of aryl methyl sites for hydroxylation is 1. The third-order valence-corrected chi connectivity index (χ3v) is 6.11. The summed E-state index contributed by atoms with van der Waals surface area (Å²) in [5, 5.41) is 0. The Kier molecular flexibility index (Phi) is 5.17. The van der Waals surface area contributed by atoms with Crippen molar-refractivity contribution in [2.75, 3.05) is 32.8 Å². The quantitative estimate of drug-likeness (QED) is 0.452. The number of aromatic nitrogens is 2. The largest absolute Gasteiger partial charge is 0.493 e. The van der Waals surface area contributed by atoms with E-state index in [-0.39, 0.29) is 5.91 Å². The van der Waals surface area contributed by atoms with E-state index in [0.717, 1.165) is 34.7 Å². The summed E-state index contributed by atoms with van der Waals surface area (Å²) < 4.78 is 18.5. The van der Waals surface area contributed by atoms with Crippen LogP contribution in [0.15, 0.2) is 54.6 Å². The summed E-state index contributed by atoms with van der Waals surface area (Å²) in [6, 6.07) is 17.5. The molecule has 7 nitrogen and oxygen atoms in total. The van der Waals surface area contributed by atoms with Crippen molar-refractivity contribution in [3.05, 3.63) is 71.5 Å². The van der Waals surface area contributed by atoms with Crippen molar-refractivity contribution in [1.82, 2.24) is 9.55 Å². The lowest BCUT2D eigenvalue weighted by Crippen LogP contribution is -2.28. The summed E-state index contributed by atoms with van der Waals surface area (Å²) in [6.07, 6.45) is 0.874. The normalized spacial score (nSPS) is 12.7. The Morgan fingerprint density at radius 3 is 2.36 bits per heavy atom. The zero-order chi connectivity index (χ0) is 23.1. The van der Waals surface area contributed by atoms with Crippen LogP contribution < -0.4 is 19.1 Å². The number of carbonyl (C=O) groups excluding carboxylic acids is 1. The fraction of sp³-hybridized carbons (Fsp3) is 0.231. The van der Waals surface area contributed by atoms with Crippen LogP contribution in [-0.4, -0.2) is 43.3 Å². The molecule has 0 N–H and O–H groups in total. The second kappa shape index (κ2) is 8.16. The molecule has 5 rings (SSSR count). The molecule has 0 radical (unpaired) electrons. The molecule has 0 fully saturated rings. The Morgan fingerprint density at radius 1 is 0.939 bits per heavy atom. The van der Waals surface area contributed by atoms with Gasteiger partial charge in [0, 0.05) is 29.9 Å². The SMILES string of the molecule is COc1cc(-n2c(C)nc3cc(C(=O)N4CCc5ccccc54)ccc32)cc(OC)c1OC. The highest BCUT2D eigenvalue weighted by Crippen LogP contribution is 2.40. The molecule has 0 unspecified atom stereocenters. The number of anilines is 1. The van der Waals surface area contributed by atoms with Crippen molar-refractivity contribution in [1.29, 1.82) is 0 Å². The van der Waals surface area contributed by atoms with Gasteiger partial charge in [0.25, 0.3) is 5.91 Å². The molecule has 0 aliphatic carbocycles. The number of carbonyl (C=O) groups is 1. The lowest BCUT2D eigenvalue weighted by Gasteiger charge is -2.17. The fourth-order valence-electron chi connectivity index (χ4n) is 4.56. The number of ether oxygens (including phenoxy) is 3. The monoisotopic (exact) mass is 443 g/mol. The molecule has 0 spiro atoms. The lowest BCUT2D eigenvalue weighted by atomic mass is 10.1. The van der Waals surface area contributed by atoms with Crippen LogP contribution in [0.2, 0.25) is 0 Å². The molecule has 1 aliphatic heterocycles. The van der Waals surface area contributed by atoms with Crippen LogP contribution in [0.3, 0.4) is 0 Å². The highest BCUT2D eigenvalue weighted by molar-refractivity contribution is 6.08. The maximum absolute atomic E-state index is 13.3. The Labute approximate surface area is 192 Å². The first-order valence-corrected chi connectivity index (χ1v) is 10.7. The molecule has 0 saturated carbocycles. The Hall–Kier alpha value is -4.00. The zero-order valence-corrected chi connectivity index (χ0v) is 19.1. The number of fused-ring (bicyclic) bond motifs is 2. The number of imidazole rings is 1. The van der Waals surface area contributed by atoms with Crippen molar-refractivity contribution in [2.45, 2.75) is 13.3 Å². The van der Waals surface area contributed by atoms with Crippen LogP contribution in [0.25, 0.3) is 16.7 Å². The van der Waals surface area contributed by atoms with E-state index >= 15 is 0 Å². The van der Waals surface area contributed by atoms with Crippen LogP contribution in [0.5, 0.6) is 17.2 Å². The van der Waals surface area contributed by atoms with Gasteiger partial charge in [-0.2, -0.15) is 0 Å². The van der Waals surface area contributed by atoms with Crippen molar-refractivity contribution >= 4 is 22.6 Å². The smallest absolute Gasteiger partial charge is 0.258 e. The van der Waals surface area contributed by atoms with E-state index in [2.05, 4.69) is 6.07 Å². The van der Waals surface area contributed by atoms with Gasteiger partial charge in [0.05, 0.1) is 38.1 Å². The number of hydrogen-bond donors (Lipinski definition) is 0. The van der Waals surface area contributed by atoms with Crippen molar-refractivity contribution < 1.29 is 19.0 Å². The number of hydrogen-bond acceptors (Lipinski definition) is 5. The van der Waals surface area contributed by atoms with Gasteiger partial charge in [-0.3, -0.25) is 9.36 Å². The molecule has 0 atom stereocenters. The van der Waals surface area contributed by atoms with E-state index < -0.39 is 0 Å². The van der Waals surface area contributed by atoms with Gasteiger partial charge in [0.15, 0.2) is 11.5 Å². The van der Waals surface area contributed by atoms with Gasteiger partial charge in [-0.15, -0.1) is 0 Å². The number of methoxy groups -OCH3 is 3. The summed E-state index contributed by atoms with van der Waals surface area (Å²) in [5.74, 6) is 2.43. The molecule has 4 aromatic rings. The predicted octanol–water partition coefficient (Wildman–Crippen LogP) is 4.56. The molecule has 0 saturated heterocycles. The van der Waals surface area contributed by atoms with E-state index in [4.69, 9.17) is 19.2 Å². The number of nitrogens with zero attached hydrogens (tertiary/aromatic N) is 3. The second-order valence-electron chi connectivity index (χ2n) is 7.92. The second-order valence-corrected chi connectivity index (χ2v) is 7.92. The summed E-state index contributed by atoms with van der Waals surface area (Å²) in [6.45, 7) is 2.62. The highest BCUT2D eigenvalue weighted by Gasteiger charge is 2.26. The van der Waals surface area contributed by atoms with Gasteiger partial charge < -0.3 is 19.1 Å². The number of benzene rings is 3. The van der Waals surface area contributed by atoms with Gasteiger partial charge in [0.1, 0.15) is 5.82 Å². The van der Waals surface area contributed by atoms with Crippen molar-refractivity contribution in [3.8, 4) is 22.9 Å². The summed E-state index contributed by atoms with van der Waals surface area (Å²) >= 11 is 0. The maximum atomic E-state index is 13.3. The van der Waals surface area contributed by atoms with Gasteiger partial charge in [-0.05, 0) is 43.2 Å². The van der Waals surface area contributed by atoms with Crippen LogP contribution >= 0.6 is 0 Å². The fourth-order valence-corrected chi connectivity index (χ4v) is 4.56. The van der Waals surface area contributed by atoms with E-state index in [0.29, 0.717) is 29.4 Å². The highest BCUT2D eigenvalue weighted by atomic mass is 16.5. The molecule has 168 valence electrons. The Balaban J connectivity index is 1.57. The first-order chi connectivity index (χ1) is 16.0. The zero-order valence-electron chi connectivity index (χ0n) is 19.1. The molecule has 1 amide bonds. The molecule has 2 heterocycles. The van der Waals surface area contributed by atoms with E-state index in [1.54, 1.807) is 21.3 Å². The van der Waals surface area contributed by atoms with E-state index in [9.17, 15) is 4.79 Å². The number of para-hydroxylation sites is 1. The Morgan fingerprint density at radius 2 is 1.67 bits per heavy atom. The summed E-state index contributed by atoms with van der Waals surface area (Å²) in [4.78, 5) is 19.9. The van der Waals surface area contributed by atoms with Crippen LogP contribution in [0.4, 0.5) is 5.69 Å². The average Bonchev–Trinajstić information content (AvgIpc) is 3.42. The summed E-state index contributed by atoms with van der Waals surface area (Å²) in [5.41, 5.74) is 5.28. The first kappa shape index (κ1) is 20.9. The van der Waals surface area contributed by atoms with E-state index in [1.807, 2.05) is 64.9 Å². The number of amides is 1. The van der Waals surface area contributed by atoms with E-state index in [1.165, 1.54) is 5.56 Å². The molecule has 1 aliphatic rings. The lowest BCUT2D eigenvalue weighted by molar-refractivity contribution is 0.0989. The van der Waals surface area contributed by atoms with Gasteiger partial charge in [0.2, 0.25) is 5.75 Å². The van der Waals surface area contributed by atoms with Crippen LogP contribution in [0, 0.1) is 6.92 Å². The minimum Gasteiger partial charge on any atom is -0.493 e. The number of rotatable bonds is 5. The van der Waals surface area contributed by atoms with Crippen LogP contribution in [0.1, 0.15) is 21.7 Å². The van der Waals surface area contributed by atoms with Gasteiger partial charge in [-0.1, -0.05) is 18.2 Å². The van der Waals surface area contributed by atoms with Crippen molar-refractivity contribution in [3.63, 3.8) is 0 Å². The Bertz CT molecular complexity index is 1350. The molecule has 7 heteroatoms. The minimum absolute atomic E-state index is 0.0122. The molecule has 33 heavy (non-hydrogen) atoms. The third-order valence-electron chi connectivity index (χ3n) is 6.11. The molecule has 3 aromatic carbocycles. The van der Waals surface area contributed by atoms with Crippen molar-refractivity contribution in [2.24, 2.45) is 0 Å². The maximum Gasteiger partial charge on any atom is 0.258 e. The first-order valence-electron chi connectivity index (χ1n) is 10.7. The topological polar surface area (TPSA) is 65.8 Å². The summed E-state index contributed by atoms with van der Waals surface area (Å²) in [7, 11) is 4.76. The minimum atomic E-state index is -0.0122. The molecular weight excluding hydrogens is 418 g/mol. The molecule has 1 aromatic heterocycles. The van der Waals surface area contributed by atoms with Gasteiger partial charge >= 0.3 is 0 Å². The third kappa shape index (κ3) is 3.36. The molecular formula is C26H25N3O4. The predicted molar refractivity (Wildman–Crippen MR) is 127 cm³/mol. The van der Waals surface area contributed by atoms with Crippen LogP contribution in [-0.2, 0) is 6.42 Å². The average molecular weight is 444 g/mol. The standard InChI is InChI=1S/C26H25N3O4/c1-16-27-20-13-18(26(30)28-12-11-17-7-5-6-8-21(17)28)9-10-22(20)29(16)19-14-23(31-2)25(33-4)24(15-19)32-3/h5-10,13-15H,11-12H2,1-4H3. The molecule has 0 bridgehead atoms. The van der Waals surface area contributed by atoms with Gasteiger partial charge in [-0.25, -0.2) is 4.98 Å².